The predicted molar refractivity (Wildman–Crippen MR) is 85.6 cm³/mol. The molecule has 1 N–H and O–H groups in total. The van der Waals surface area contributed by atoms with Gasteiger partial charge < -0.3 is 14.8 Å². The van der Waals surface area contributed by atoms with Gasteiger partial charge in [-0.05, 0) is 43.2 Å². The summed E-state index contributed by atoms with van der Waals surface area (Å²) in [5.41, 5.74) is 0.539. The summed E-state index contributed by atoms with van der Waals surface area (Å²) in [6.07, 6.45) is 1.24. The van der Waals surface area contributed by atoms with Crippen LogP contribution in [0.25, 0.3) is 0 Å². The van der Waals surface area contributed by atoms with Crippen LogP contribution in [-0.4, -0.2) is 18.6 Å². The van der Waals surface area contributed by atoms with Crippen LogP contribution in [0.4, 0.5) is 5.69 Å². The highest BCUT2D eigenvalue weighted by Crippen LogP contribution is 2.32. The molecule has 1 aliphatic rings. The molecule has 22 heavy (non-hydrogen) atoms. The summed E-state index contributed by atoms with van der Waals surface area (Å²) < 4.78 is 11.2. The number of amides is 1. The first kappa shape index (κ1) is 14.9. The Labute approximate surface area is 134 Å². The lowest BCUT2D eigenvalue weighted by atomic mass is 10.2. The van der Waals surface area contributed by atoms with Crippen molar-refractivity contribution in [3.8, 4) is 11.5 Å². The summed E-state index contributed by atoms with van der Waals surface area (Å²) in [6.45, 7) is 0.626. The van der Waals surface area contributed by atoms with Crippen LogP contribution < -0.4 is 10.1 Å². The van der Waals surface area contributed by atoms with Crippen LogP contribution in [0.1, 0.15) is 12.8 Å². The predicted octanol–water partition coefficient (Wildman–Crippen LogP) is 4.25. The smallest absolute Gasteiger partial charge is 0.253 e. The van der Waals surface area contributed by atoms with E-state index in [9.17, 15) is 4.79 Å². The number of anilines is 1. The topological polar surface area (TPSA) is 47.6 Å². The fourth-order valence-electron chi connectivity index (χ4n) is 2.30. The van der Waals surface area contributed by atoms with Gasteiger partial charge in [-0.25, -0.2) is 0 Å². The number of nitrogens with one attached hydrogen (secondary N) is 1. The van der Waals surface area contributed by atoms with Crippen molar-refractivity contribution in [1.29, 1.82) is 0 Å². The van der Waals surface area contributed by atoms with Crippen LogP contribution in [0.15, 0.2) is 48.5 Å². The Hall–Kier alpha value is -2.04. The maximum Gasteiger partial charge on any atom is 0.253 e. The molecule has 2 aromatic carbocycles. The van der Waals surface area contributed by atoms with Crippen LogP contribution in [0.5, 0.6) is 11.5 Å². The van der Waals surface area contributed by atoms with Crippen molar-refractivity contribution in [2.24, 2.45) is 0 Å². The van der Waals surface area contributed by atoms with Gasteiger partial charge >= 0.3 is 0 Å². The zero-order chi connectivity index (χ0) is 15.4. The van der Waals surface area contributed by atoms with Gasteiger partial charge in [0.15, 0.2) is 5.75 Å². The van der Waals surface area contributed by atoms with Crippen LogP contribution in [0, 0.1) is 0 Å². The van der Waals surface area contributed by atoms with E-state index < -0.39 is 6.10 Å². The largest absolute Gasteiger partial charge is 0.455 e. The monoisotopic (exact) mass is 317 g/mol. The van der Waals surface area contributed by atoms with Gasteiger partial charge in [0, 0.05) is 11.6 Å². The Morgan fingerprint density at radius 3 is 2.77 bits per heavy atom. The molecule has 0 bridgehead atoms. The number of para-hydroxylation sites is 1. The lowest BCUT2D eigenvalue weighted by Crippen LogP contribution is -2.27. The molecule has 4 nitrogen and oxygen atoms in total. The number of ether oxygens (including phenoxy) is 2. The third-order valence-electron chi connectivity index (χ3n) is 3.39. The molecule has 1 amide bonds. The van der Waals surface area contributed by atoms with Crippen molar-refractivity contribution in [3.05, 3.63) is 53.6 Å². The average molecular weight is 318 g/mol. The van der Waals surface area contributed by atoms with Crippen LogP contribution in [0.3, 0.4) is 0 Å². The highest BCUT2D eigenvalue weighted by Gasteiger charge is 2.24. The quantitative estimate of drug-likeness (QED) is 0.917. The maximum absolute atomic E-state index is 12.2. The fraction of sp³-hybridized carbons (Fsp3) is 0.235. The van der Waals surface area contributed by atoms with Gasteiger partial charge in [-0.2, -0.15) is 0 Å². The Bertz CT molecular complexity index is 654. The SMILES string of the molecule is O=C(Nc1cc(Cl)ccc1Oc1ccccc1)C1CCCO1. The van der Waals surface area contributed by atoms with E-state index in [1.165, 1.54) is 0 Å². The van der Waals surface area contributed by atoms with Gasteiger partial charge in [-0.1, -0.05) is 29.8 Å². The lowest BCUT2D eigenvalue weighted by Gasteiger charge is -2.15. The number of rotatable bonds is 4. The number of halogens is 1. The number of carbonyl (C=O) groups is 1. The summed E-state index contributed by atoms with van der Waals surface area (Å²) >= 11 is 6.02. The number of hydrogen-bond acceptors (Lipinski definition) is 3. The minimum atomic E-state index is -0.399. The maximum atomic E-state index is 12.2. The van der Waals surface area contributed by atoms with Crippen molar-refractivity contribution in [1.82, 2.24) is 0 Å². The molecule has 1 aliphatic heterocycles. The standard InChI is InChI=1S/C17H16ClNO3/c18-12-8-9-15(22-13-5-2-1-3-6-13)14(11-12)19-17(20)16-7-4-10-21-16/h1-3,5-6,8-9,11,16H,4,7,10H2,(H,19,20). The fourth-order valence-corrected chi connectivity index (χ4v) is 2.47. The Kier molecular flexibility index (Phi) is 4.61. The number of benzene rings is 2. The molecular formula is C17H16ClNO3. The normalized spacial score (nSPS) is 17.2. The number of carbonyl (C=O) groups excluding carboxylic acids is 1. The summed E-state index contributed by atoms with van der Waals surface area (Å²) in [5, 5.41) is 3.37. The average Bonchev–Trinajstić information content (AvgIpc) is 3.05. The van der Waals surface area contributed by atoms with Gasteiger partial charge in [0.2, 0.25) is 0 Å². The molecule has 5 heteroatoms. The highest BCUT2D eigenvalue weighted by molar-refractivity contribution is 6.31. The summed E-state index contributed by atoms with van der Waals surface area (Å²) in [4.78, 5) is 12.2. The Morgan fingerprint density at radius 2 is 2.05 bits per heavy atom. The van der Waals surface area contributed by atoms with E-state index in [0.717, 1.165) is 12.8 Å². The Morgan fingerprint density at radius 1 is 1.23 bits per heavy atom. The first-order valence-electron chi connectivity index (χ1n) is 7.17. The van der Waals surface area contributed by atoms with E-state index >= 15 is 0 Å². The zero-order valence-corrected chi connectivity index (χ0v) is 12.7. The zero-order valence-electron chi connectivity index (χ0n) is 11.9. The van der Waals surface area contributed by atoms with E-state index in [-0.39, 0.29) is 5.91 Å². The van der Waals surface area contributed by atoms with Crippen molar-refractivity contribution in [2.45, 2.75) is 18.9 Å². The van der Waals surface area contributed by atoms with E-state index in [2.05, 4.69) is 5.32 Å². The van der Waals surface area contributed by atoms with Gasteiger partial charge in [0.1, 0.15) is 11.9 Å². The Balaban J connectivity index is 1.79. The van der Waals surface area contributed by atoms with Crippen LogP contribution >= 0.6 is 11.6 Å². The minimum Gasteiger partial charge on any atom is -0.455 e. The van der Waals surface area contributed by atoms with E-state index in [1.54, 1.807) is 18.2 Å². The molecule has 0 radical (unpaired) electrons. The summed E-state index contributed by atoms with van der Waals surface area (Å²) in [7, 11) is 0. The van der Waals surface area contributed by atoms with Gasteiger partial charge in [0.25, 0.3) is 5.91 Å². The van der Waals surface area contributed by atoms with Crippen molar-refractivity contribution in [2.75, 3.05) is 11.9 Å². The summed E-state index contributed by atoms with van der Waals surface area (Å²) in [5.74, 6) is 1.07. The van der Waals surface area contributed by atoms with Crippen molar-refractivity contribution < 1.29 is 14.3 Å². The third kappa shape index (κ3) is 3.59. The molecular weight excluding hydrogens is 302 g/mol. The first-order chi connectivity index (χ1) is 10.7. The molecule has 0 spiro atoms. The van der Waals surface area contributed by atoms with Gasteiger partial charge in [-0.15, -0.1) is 0 Å². The molecule has 0 aromatic heterocycles. The minimum absolute atomic E-state index is 0.169. The molecule has 1 unspecified atom stereocenters. The van der Waals surface area contributed by atoms with E-state index in [4.69, 9.17) is 21.1 Å². The molecule has 114 valence electrons. The molecule has 1 saturated heterocycles. The van der Waals surface area contributed by atoms with Crippen molar-refractivity contribution >= 4 is 23.2 Å². The second-order valence-electron chi connectivity index (χ2n) is 5.05. The third-order valence-corrected chi connectivity index (χ3v) is 3.63. The molecule has 1 atom stereocenters. The molecule has 2 aromatic rings. The van der Waals surface area contributed by atoms with Gasteiger partial charge in [-0.3, -0.25) is 4.79 Å². The second kappa shape index (κ2) is 6.81. The molecule has 1 fully saturated rings. The summed E-state index contributed by atoms with van der Waals surface area (Å²) in [6, 6.07) is 14.5. The second-order valence-corrected chi connectivity index (χ2v) is 5.48. The molecule has 0 saturated carbocycles. The molecule has 3 rings (SSSR count). The van der Waals surface area contributed by atoms with Crippen LogP contribution in [0.2, 0.25) is 5.02 Å². The molecule has 1 heterocycles. The first-order valence-corrected chi connectivity index (χ1v) is 7.55. The van der Waals surface area contributed by atoms with E-state index in [0.29, 0.717) is 28.8 Å². The molecule has 0 aliphatic carbocycles. The lowest BCUT2D eigenvalue weighted by molar-refractivity contribution is -0.124. The van der Waals surface area contributed by atoms with E-state index in [1.807, 2.05) is 30.3 Å². The van der Waals surface area contributed by atoms with Crippen molar-refractivity contribution in [3.63, 3.8) is 0 Å². The highest BCUT2D eigenvalue weighted by atomic mass is 35.5. The van der Waals surface area contributed by atoms with Gasteiger partial charge in [0.05, 0.1) is 5.69 Å². The van der Waals surface area contributed by atoms with Crippen LogP contribution in [-0.2, 0) is 9.53 Å². The number of hydrogen-bond donors (Lipinski definition) is 1.